The van der Waals surface area contributed by atoms with E-state index < -0.39 is 0 Å². The van der Waals surface area contributed by atoms with Gasteiger partial charge in [-0.2, -0.15) is 0 Å². The topological polar surface area (TPSA) is 42.0 Å². The SMILES string of the molecule is Cc1cc(Br)cnc1NC(=O)c1cc(Br)sc1Br. The summed E-state index contributed by atoms with van der Waals surface area (Å²) in [5.41, 5.74) is 1.50. The van der Waals surface area contributed by atoms with Gasteiger partial charge in [0, 0.05) is 10.7 Å². The van der Waals surface area contributed by atoms with Crippen molar-refractivity contribution in [2.75, 3.05) is 5.32 Å². The molecule has 0 saturated carbocycles. The average molecular weight is 455 g/mol. The second-order valence-electron chi connectivity index (χ2n) is 3.51. The van der Waals surface area contributed by atoms with Gasteiger partial charge in [0.2, 0.25) is 0 Å². The Kier molecular flexibility index (Phi) is 4.58. The number of anilines is 1. The van der Waals surface area contributed by atoms with Gasteiger partial charge in [0.1, 0.15) is 5.82 Å². The first kappa shape index (κ1) is 14.2. The molecule has 18 heavy (non-hydrogen) atoms. The summed E-state index contributed by atoms with van der Waals surface area (Å²) in [4.78, 5) is 16.3. The second kappa shape index (κ2) is 5.81. The number of carbonyl (C=O) groups is 1. The number of pyridine rings is 1. The molecular weight excluding hydrogens is 448 g/mol. The smallest absolute Gasteiger partial charge is 0.258 e. The number of halogens is 3. The lowest BCUT2D eigenvalue weighted by Gasteiger charge is -2.06. The van der Waals surface area contributed by atoms with E-state index in [1.807, 2.05) is 13.0 Å². The van der Waals surface area contributed by atoms with Crippen LogP contribution in [0.4, 0.5) is 5.82 Å². The normalized spacial score (nSPS) is 10.4. The Hall–Kier alpha value is -0.240. The van der Waals surface area contributed by atoms with E-state index in [1.165, 1.54) is 11.3 Å². The third-order valence-corrected chi connectivity index (χ3v) is 4.95. The van der Waals surface area contributed by atoms with Gasteiger partial charge in [-0.1, -0.05) is 0 Å². The van der Waals surface area contributed by atoms with Crippen molar-refractivity contribution in [2.45, 2.75) is 6.92 Å². The summed E-state index contributed by atoms with van der Waals surface area (Å²) in [6.07, 6.45) is 1.65. The van der Waals surface area contributed by atoms with Gasteiger partial charge in [-0.15, -0.1) is 11.3 Å². The summed E-state index contributed by atoms with van der Waals surface area (Å²) in [7, 11) is 0. The van der Waals surface area contributed by atoms with E-state index in [0.717, 1.165) is 17.6 Å². The molecule has 0 aliphatic rings. The highest BCUT2D eigenvalue weighted by molar-refractivity contribution is 9.12. The first-order chi connectivity index (χ1) is 8.47. The minimum Gasteiger partial charge on any atom is -0.306 e. The number of hydrogen-bond acceptors (Lipinski definition) is 3. The lowest BCUT2D eigenvalue weighted by atomic mass is 10.2. The zero-order valence-corrected chi connectivity index (χ0v) is 14.7. The fourth-order valence-corrected chi connectivity index (χ4v) is 4.58. The van der Waals surface area contributed by atoms with Crippen LogP contribution >= 0.6 is 59.1 Å². The van der Waals surface area contributed by atoms with Crippen LogP contribution in [0.25, 0.3) is 0 Å². The molecule has 7 heteroatoms. The second-order valence-corrected chi connectivity index (χ2v) is 8.18. The molecule has 2 aromatic heterocycles. The van der Waals surface area contributed by atoms with Crippen molar-refractivity contribution in [3.8, 4) is 0 Å². The van der Waals surface area contributed by atoms with E-state index in [1.54, 1.807) is 12.3 Å². The van der Waals surface area contributed by atoms with Crippen LogP contribution in [0.2, 0.25) is 0 Å². The van der Waals surface area contributed by atoms with Crippen LogP contribution in [0.5, 0.6) is 0 Å². The number of carbonyl (C=O) groups excluding carboxylic acids is 1. The van der Waals surface area contributed by atoms with Gasteiger partial charge in [0.05, 0.1) is 13.1 Å². The number of aryl methyl sites for hydroxylation is 1. The standard InChI is InChI=1S/C11H7Br3N2OS/c1-5-2-6(12)4-15-10(5)16-11(17)7-3-8(13)18-9(7)14/h2-4H,1H3,(H,15,16,17). The predicted octanol–water partition coefficient (Wildman–Crippen LogP) is 4.99. The van der Waals surface area contributed by atoms with Crippen LogP contribution in [-0.2, 0) is 0 Å². The van der Waals surface area contributed by atoms with E-state index in [2.05, 4.69) is 58.1 Å². The number of hydrogen-bond donors (Lipinski definition) is 1. The quantitative estimate of drug-likeness (QED) is 0.694. The maximum atomic E-state index is 12.1. The zero-order valence-electron chi connectivity index (χ0n) is 9.13. The van der Waals surface area contributed by atoms with Crippen molar-refractivity contribution in [2.24, 2.45) is 0 Å². The van der Waals surface area contributed by atoms with E-state index in [9.17, 15) is 4.79 Å². The monoisotopic (exact) mass is 452 g/mol. The highest BCUT2D eigenvalue weighted by Gasteiger charge is 2.15. The van der Waals surface area contributed by atoms with Crippen LogP contribution in [0.3, 0.4) is 0 Å². The summed E-state index contributed by atoms with van der Waals surface area (Å²) in [6, 6.07) is 3.68. The van der Waals surface area contributed by atoms with Crippen molar-refractivity contribution in [1.82, 2.24) is 4.98 Å². The Morgan fingerprint density at radius 3 is 2.61 bits per heavy atom. The average Bonchev–Trinajstić information content (AvgIpc) is 2.62. The van der Waals surface area contributed by atoms with Crippen molar-refractivity contribution in [3.63, 3.8) is 0 Å². The van der Waals surface area contributed by atoms with Gasteiger partial charge in [-0.3, -0.25) is 4.79 Å². The molecule has 0 bridgehead atoms. The Morgan fingerprint density at radius 2 is 2.06 bits per heavy atom. The fourth-order valence-electron chi connectivity index (χ4n) is 1.34. The molecule has 0 aliphatic carbocycles. The molecule has 2 aromatic rings. The molecule has 0 saturated heterocycles. The molecule has 2 heterocycles. The van der Waals surface area contributed by atoms with Crippen LogP contribution in [0.1, 0.15) is 15.9 Å². The first-order valence-corrected chi connectivity index (χ1v) is 8.05. The maximum Gasteiger partial charge on any atom is 0.258 e. The molecule has 3 nitrogen and oxygen atoms in total. The molecule has 2 rings (SSSR count). The summed E-state index contributed by atoms with van der Waals surface area (Å²) >= 11 is 11.5. The Morgan fingerprint density at radius 1 is 1.33 bits per heavy atom. The minimum atomic E-state index is -0.179. The number of amides is 1. The molecular formula is C11H7Br3N2OS. The summed E-state index contributed by atoms with van der Waals surface area (Å²) in [5.74, 6) is 0.388. The van der Waals surface area contributed by atoms with E-state index in [-0.39, 0.29) is 5.91 Å². The molecule has 0 atom stereocenters. The minimum absolute atomic E-state index is 0.179. The van der Waals surface area contributed by atoms with Gasteiger partial charge in [0.15, 0.2) is 0 Å². The summed E-state index contributed by atoms with van der Waals surface area (Å²) in [5, 5.41) is 2.79. The maximum absolute atomic E-state index is 12.1. The van der Waals surface area contributed by atoms with Crippen LogP contribution in [0, 0.1) is 6.92 Å². The Balaban J connectivity index is 2.24. The third-order valence-electron chi connectivity index (χ3n) is 2.18. The molecule has 1 N–H and O–H groups in total. The molecule has 0 aromatic carbocycles. The van der Waals surface area contributed by atoms with Crippen molar-refractivity contribution in [3.05, 3.63) is 41.5 Å². The largest absolute Gasteiger partial charge is 0.306 e. The lowest BCUT2D eigenvalue weighted by molar-refractivity contribution is 0.102. The van der Waals surface area contributed by atoms with E-state index in [4.69, 9.17) is 0 Å². The molecule has 0 radical (unpaired) electrons. The van der Waals surface area contributed by atoms with Crippen LogP contribution < -0.4 is 5.32 Å². The van der Waals surface area contributed by atoms with Crippen LogP contribution in [0.15, 0.2) is 30.4 Å². The molecule has 94 valence electrons. The van der Waals surface area contributed by atoms with Gasteiger partial charge < -0.3 is 5.32 Å². The van der Waals surface area contributed by atoms with E-state index >= 15 is 0 Å². The molecule has 0 spiro atoms. The van der Waals surface area contributed by atoms with Crippen molar-refractivity contribution < 1.29 is 4.79 Å². The Bertz CT molecular complexity index is 612. The Labute approximate surface area is 133 Å². The molecule has 0 fully saturated rings. The number of thiophene rings is 1. The number of aromatic nitrogens is 1. The van der Waals surface area contributed by atoms with Crippen LogP contribution in [-0.4, -0.2) is 10.9 Å². The van der Waals surface area contributed by atoms with Gasteiger partial charge >= 0.3 is 0 Å². The van der Waals surface area contributed by atoms with Crippen molar-refractivity contribution >= 4 is 70.9 Å². The van der Waals surface area contributed by atoms with Gasteiger partial charge in [-0.05, 0) is 72.4 Å². The highest BCUT2D eigenvalue weighted by atomic mass is 79.9. The van der Waals surface area contributed by atoms with Gasteiger partial charge in [-0.25, -0.2) is 4.98 Å². The van der Waals surface area contributed by atoms with Gasteiger partial charge in [0.25, 0.3) is 5.91 Å². The molecule has 0 unspecified atom stereocenters. The summed E-state index contributed by atoms with van der Waals surface area (Å²) in [6.45, 7) is 1.89. The van der Waals surface area contributed by atoms with Crippen molar-refractivity contribution in [1.29, 1.82) is 0 Å². The fraction of sp³-hybridized carbons (Fsp3) is 0.0909. The first-order valence-electron chi connectivity index (χ1n) is 4.85. The third kappa shape index (κ3) is 3.20. The predicted molar refractivity (Wildman–Crippen MR) is 84.3 cm³/mol. The number of nitrogens with zero attached hydrogens (tertiary/aromatic N) is 1. The number of nitrogens with one attached hydrogen (secondary N) is 1. The van der Waals surface area contributed by atoms with E-state index in [0.29, 0.717) is 11.4 Å². The summed E-state index contributed by atoms with van der Waals surface area (Å²) < 4.78 is 2.58. The molecule has 0 aliphatic heterocycles. The zero-order chi connectivity index (χ0) is 13.3. The number of rotatable bonds is 2. The molecule has 1 amide bonds. The highest BCUT2D eigenvalue weighted by Crippen LogP contribution is 2.32. The lowest BCUT2D eigenvalue weighted by Crippen LogP contribution is -2.13.